The Balaban J connectivity index is 1.67. The molecule has 0 saturated heterocycles. The van der Waals surface area contributed by atoms with Crippen LogP contribution in [0.25, 0.3) is 11.3 Å². The average molecular weight is 388 g/mol. The first-order valence-corrected chi connectivity index (χ1v) is 8.90. The molecule has 0 bridgehead atoms. The van der Waals surface area contributed by atoms with Gasteiger partial charge in [0, 0.05) is 11.3 Å². The molecule has 4 N–H and O–H groups in total. The summed E-state index contributed by atoms with van der Waals surface area (Å²) < 4.78 is 0. The number of rotatable bonds is 5. The van der Waals surface area contributed by atoms with Crippen molar-refractivity contribution in [3.8, 4) is 11.3 Å². The van der Waals surface area contributed by atoms with Crippen molar-refractivity contribution in [1.82, 2.24) is 15.2 Å². The first-order valence-electron chi connectivity index (χ1n) is 7.53. The Labute approximate surface area is 158 Å². The number of nitrogens with two attached hydrogens (primary N) is 1. The van der Waals surface area contributed by atoms with Gasteiger partial charge in [-0.1, -0.05) is 53.7 Å². The van der Waals surface area contributed by atoms with Crippen LogP contribution in [0.1, 0.15) is 0 Å². The van der Waals surface area contributed by atoms with Crippen LogP contribution in [0, 0.1) is 0 Å². The SMILES string of the molecule is Nc1ccccc1-c1nnc(SCC(=O)Nc2ccccc2Cl)[nH]c1=O. The van der Waals surface area contributed by atoms with E-state index in [-0.39, 0.29) is 22.5 Å². The lowest BCUT2D eigenvalue weighted by atomic mass is 10.1. The number of aromatic nitrogens is 3. The third-order valence-electron chi connectivity index (χ3n) is 3.38. The number of aromatic amines is 1. The molecule has 0 radical (unpaired) electrons. The maximum absolute atomic E-state index is 12.2. The van der Waals surface area contributed by atoms with Crippen molar-refractivity contribution >= 4 is 40.6 Å². The molecule has 0 atom stereocenters. The average Bonchev–Trinajstić information content (AvgIpc) is 2.63. The molecule has 7 nitrogen and oxygen atoms in total. The number of thioether (sulfide) groups is 1. The Morgan fingerprint density at radius 1 is 1.15 bits per heavy atom. The zero-order valence-electron chi connectivity index (χ0n) is 13.4. The van der Waals surface area contributed by atoms with Crippen molar-refractivity contribution in [2.45, 2.75) is 5.16 Å². The van der Waals surface area contributed by atoms with E-state index in [2.05, 4.69) is 20.5 Å². The van der Waals surface area contributed by atoms with Gasteiger partial charge in [0.25, 0.3) is 5.56 Å². The van der Waals surface area contributed by atoms with E-state index in [0.29, 0.717) is 22.0 Å². The lowest BCUT2D eigenvalue weighted by Gasteiger charge is -2.07. The maximum atomic E-state index is 12.2. The van der Waals surface area contributed by atoms with E-state index in [1.165, 1.54) is 0 Å². The molecule has 0 unspecified atom stereocenters. The van der Waals surface area contributed by atoms with Gasteiger partial charge in [0.1, 0.15) is 0 Å². The molecule has 2 aromatic carbocycles. The summed E-state index contributed by atoms with van der Waals surface area (Å²) in [6.45, 7) is 0. The molecule has 1 aromatic heterocycles. The minimum absolute atomic E-state index is 0.0443. The summed E-state index contributed by atoms with van der Waals surface area (Å²) in [6, 6.07) is 13.8. The highest BCUT2D eigenvalue weighted by molar-refractivity contribution is 7.99. The second kappa shape index (κ2) is 8.03. The zero-order valence-corrected chi connectivity index (χ0v) is 15.0. The van der Waals surface area contributed by atoms with Crippen LogP contribution < -0.4 is 16.6 Å². The standard InChI is InChI=1S/C17H14ClN5O2S/c18-11-6-2-4-8-13(11)20-14(24)9-26-17-21-16(25)15(22-23-17)10-5-1-3-7-12(10)19/h1-8H,9,19H2,(H,20,24)(H,21,23,25). The fourth-order valence-corrected chi connectivity index (χ4v) is 2.95. The molecule has 0 saturated carbocycles. The maximum Gasteiger partial charge on any atom is 0.278 e. The number of H-pyrrole nitrogens is 1. The van der Waals surface area contributed by atoms with E-state index in [0.717, 1.165) is 11.8 Å². The van der Waals surface area contributed by atoms with Gasteiger partial charge in [-0.3, -0.25) is 14.6 Å². The van der Waals surface area contributed by atoms with Crippen LogP contribution in [0.2, 0.25) is 5.02 Å². The fourth-order valence-electron chi connectivity index (χ4n) is 2.16. The van der Waals surface area contributed by atoms with Crippen molar-refractivity contribution < 1.29 is 4.79 Å². The van der Waals surface area contributed by atoms with Crippen molar-refractivity contribution in [2.24, 2.45) is 0 Å². The van der Waals surface area contributed by atoms with Gasteiger partial charge in [-0.15, -0.1) is 10.2 Å². The quantitative estimate of drug-likeness (QED) is 0.458. The molecule has 26 heavy (non-hydrogen) atoms. The van der Waals surface area contributed by atoms with E-state index in [9.17, 15) is 9.59 Å². The van der Waals surface area contributed by atoms with E-state index < -0.39 is 5.56 Å². The number of nitrogen functional groups attached to an aromatic ring is 1. The van der Waals surface area contributed by atoms with Crippen LogP contribution in [-0.2, 0) is 4.79 Å². The van der Waals surface area contributed by atoms with Gasteiger partial charge < -0.3 is 11.1 Å². The molecular weight excluding hydrogens is 374 g/mol. The van der Waals surface area contributed by atoms with Crippen molar-refractivity contribution in [3.05, 3.63) is 63.9 Å². The van der Waals surface area contributed by atoms with E-state index >= 15 is 0 Å². The summed E-state index contributed by atoms with van der Waals surface area (Å²) in [5.41, 5.74) is 7.03. The Kier molecular flexibility index (Phi) is 5.55. The molecule has 132 valence electrons. The normalized spacial score (nSPS) is 10.5. The monoisotopic (exact) mass is 387 g/mol. The van der Waals surface area contributed by atoms with Gasteiger partial charge in [0.05, 0.1) is 16.5 Å². The number of hydrogen-bond acceptors (Lipinski definition) is 6. The molecule has 0 aliphatic heterocycles. The molecule has 3 aromatic rings. The zero-order chi connectivity index (χ0) is 18.5. The molecule has 1 heterocycles. The van der Waals surface area contributed by atoms with Gasteiger partial charge in [-0.05, 0) is 18.2 Å². The van der Waals surface area contributed by atoms with Gasteiger partial charge in [-0.2, -0.15) is 0 Å². The summed E-state index contributed by atoms with van der Waals surface area (Å²) in [4.78, 5) is 26.8. The van der Waals surface area contributed by atoms with E-state index in [1.54, 1.807) is 48.5 Å². The van der Waals surface area contributed by atoms with Crippen molar-refractivity contribution in [2.75, 3.05) is 16.8 Å². The second-order valence-corrected chi connectivity index (χ2v) is 6.58. The van der Waals surface area contributed by atoms with Gasteiger partial charge in [-0.25, -0.2) is 0 Å². The molecule has 3 rings (SSSR count). The van der Waals surface area contributed by atoms with E-state index in [1.807, 2.05) is 0 Å². The smallest absolute Gasteiger partial charge is 0.278 e. The number of halogens is 1. The van der Waals surface area contributed by atoms with Crippen LogP contribution in [-0.4, -0.2) is 26.8 Å². The lowest BCUT2D eigenvalue weighted by molar-refractivity contribution is -0.113. The molecule has 0 fully saturated rings. The Morgan fingerprint density at radius 3 is 2.62 bits per heavy atom. The Bertz CT molecular complexity index is 1010. The largest absolute Gasteiger partial charge is 0.398 e. The van der Waals surface area contributed by atoms with Crippen LogP contribution >= 0.6 is 23.4 Å². The van der Waals surface area contributed by atoms with Gasteiger partial charge in [0.2, 0.25) is 5.91 Å². The summed E-state index contributed by atoms with van der Waals surface area (Å²) in [7, 11) is 0. The number of benzene rings is 2. The number of anilines is 2. The Morgan fingerprint density at radius 2 is 1.88 bits per heavy atom. The number of carbonyl (C=O) groups excluding carboxylic acids is 1. The first kappa shape index (κ1) is 18.0. The molecule has 0 aliphatic rings. The Hall–Kier alpha value is -2.84. The number of carbonyl (C=O) groups is 1. The summed E-state index contributed by atoms with van der Waals surface area (Å²) in [5.74, 6) is -0.231. The number of hydrogen-bond donors (Lipinski definition) is 3. The predicted molar refractivity (Wildman–Crippen MR) is 103 cm³/mol. The van der Waals surface area contributed by atoms with E-state index in [4.69, 9.17) is 17.3 Å². The molecule has 0 spiro atoms. The minimum Gasteiger partial charge on any atom is -0.398 e. The van der Waals surface area contributed by atoms with Crippen LogP contribution in [0.3, 0.4) is 0 Å². The first-order chi connectivity index (χ1) is 12.5. The van der Waals surface area contributed by atoms with Crippen molar-refractivity contribution in [3.63, 3.8) is 0 Å². The second-order valence-electron chi connectivity index (χ2n) is 5.21. The van der Waals surface area contributed by atoms with Crippen molar-refractivity contribution in [1.29, 1.82) is 0 Å². The number of nitrogens with one attached hydrogen (secondary N) is 2. The highest BCUT2D eigenvalue weighted by Gasteiger charge is 2.12. The topological polar surface area (TPSA) is 114 Å². The lowest BCUT2D eigenvalue weighted by Crippen LogP contribution is -2.17. The third-order valence-corrected chi connectivity index (χ3v) is 4.57. The molecular formula is C17H14ClN5O2S. The summed E-state index contributed by atoms with van der Waals surface area (Å²) in [5, 5.41) is 11.3. The molecule has 1 amide bonds. The predicted octanol–water partition coefficient (Wildman–Crippen LogP) is 2.80. The summed E-state index contributed by atoms with van der Waals surface area (Å²) in [6.07, 6.45) is 0. The minimum atomic E-state index is -0.424. The van der Waals surface area contributed by atoms with Crippen LogP contribution in [0.4, 0.5) is 11.4 Å². The molecule has 0 aliphatic carbocycles. The highest BCUT2D eigenvalue weighted by atomic mass is 35.5. The molecule has 9 heteroatoms. The fraction of sp³-hybridized carbons (Fsp3) is 0.0588. The number of nitrogens with zero attached hydrogens (tertiary/aromatic N) is 2. The number of amides is 1. The van der Waals surface area contributed by atoms with Gasteiger partial charge >= 0.3 is 0 Å². The number of para-hydroxylation sites is 2. The van der Waals surface area contributed by atoms with Crippen LogP contribution in [0.5, 0.6) is 0 Å². The highest BCUT2D eigenvalue weighted by Crippen LogP contribution is 2.22. The third kappa shape index (κ3) is 4.22. The van der Waals surface area contributed by atoms with Crippen LogP contribution in [0.15, 0.2) is 58.5 Å². The summed E-state index contributed by atoms with van der Waals surface area (Å²) >= 11 is 7.05. The van der Waals surface area contributed by atoms with Gasteiger partial charge in [0.15, 0.2) is 10.9 Å².